The van der Waals surface area contributed by atoms with Gasteiger partial charge in [-0.2, -0.15) is 10.4 Å². The minimum Gasteiger partial charge on any atom is -0.508 e. The van der Waals surface area contributed by atoms with Gasteiger partial charge in [-0.1, -0.05) is 18.2 Å². The Hall–Kier alpha value is -5.23. The second-order valence-electron chi connectivity index (χ2n) is 8.69. The number of carbonyl (C=O) groups excluding carboxylic acids is 3. The number of hydrogen-bond donors (Lipinski definition) is 2. The fraction of sp³-hybridized carbons (Fsp3) is 0.107. The molecule has 1 atom stereocenters. The van der Waals surface area contributed by atoms with Gasteiger partial charge in [0.2, 0.25) is 0 Å². The maximum absolute atomic E-state index is 13.6. The molecule has 9 heteroatoms. The molecule has 2 N–H and O–H groups in total. The summed E-state index contributed by atoms with van der Waals surface area (Å²) in [5.74, 6) is -1.15. The number of phenols is 1. The number of carbonyl (C=O) groups is 3. The molecule has 5 rings (SSSR count). The van der Waals surface area contributed by atoms with Crippen molar-refractivity contribution in [1.29, 1.82) is 5.26 Å². The van der Waals surface area contributed by atoms with Crippen LogP contribution >= 0.6 is 0 Å². The zero-order chi connectivity index (χ0) is 26.1. The quantitative estimate of drug-likeness (QED) is 0.406. The monoisotopic (exact) mass is 491 g/mol. The van der Waals surface area contributed by atoms with E-state index in [1.165, 1.54) is 23.0 Å². The number of nitrogens with zero attached hydrogens (tertiary/aromatic N) is 4. The maximum Gasteiger partial charge on any atom is 0.277 e. The molecule has 0 radical (unpaired) electrons. The minimum absolute atomic E-state index is 0.00410. The zero-order valence-electron chi connectivity index (χ0n) is 19.8. The number of rotatable bonds is 5. The Kier molecular flexibility index (Phi) is 5.99. The average molecular weight is 492 g/mol. The van der Waals surface area contributed by atoms with Crippen molar-refractivity contribution in [2.45, 2.75) is 19.5 Å². The first-order valence-electron chi connectivity index (χ1n) is 11.5. The van der Waals surface area contributed by atoms with Crippen LogP contribution in [0.2, 0.25) is 0 Å². The summed E-state index contributed by atoms with van der Waals surface area (Å²) in [4.78, 5) is 41.0. The third kappa shape index (κ3) is 4.44. The van der Waals surface area contributed by atoms with Crippen molar-refractivity contribution in [1.82, 2.24) is 9.78 Å². The Balaban J connectivity index is 1.40. The van der Waals surface area contributed by atoms with Crippen LogP contribution in [0.25, 0.3) is 0 Å². The number of aromatic nitrogens is 2. The van der Waals surface area contributed by atoms with Crippen molar-refractivity contribution in [3.63, 3.8) is 0 Å². The summed E-state index contributed by atoms with van der Waals surface area (Å²) in [6, 6.07) is 21.0. The molecule has 182 valence electrons. The lowest BCUT2D eigenvalue weighted by Gasteiger charge is -2.34. The molecule has 0 saturated heterocycles. The molecule has 0 saturated carbocycles. The van der Waals surface area contributed by atoms with E-state index in [1.807, 2.05) is 13.0 Å². The van der Waals surface area contributed by atoms with Crippen LogP contribution in [0.3, 0.4) is 0 Å². The number of ketones is 1. The Morgan fingerprint density at radius 1 is 1.05 bits per heavy atom. The van der Waals surface area contributed by atoms with Gasteiger partial charge in [0.15, 0.2) is 5.78 Å². The third-order valence-electron chi connectivity index (χ3n) is 6.15. The maximum atomic E-state index is 13.6. The number of aromatic hydroxyl groups is 1. The Morgan fingerprint density at radius 3 is 2.54 bits per heavy atom. The van der Waals surface area contributed by atoms with E-state index in [9.17, 15) is 19.5 Å². The molecular formula is C28H21N5O4. The molecule has 1 aliphatic rings. The van der Waals surface area contributed by atoms with E-state index < -0.39 is 5.91 Å². The Labute approximate surface area is 212 Å². The summed E-state index contributed by atoms with van der Waals surface area (Å²) in [5, 5.41) is 25.7. The van der Waals surface area contributed by atoms with E-state index in [2.05, 4.69) is 10.4 Å². The largest absolute Gasteiger partial charge is 0.508 e. The van der Waals surface area contributed by atoms with Crippen LogP contribution in [-0.4, -0.2) is 38.5 Å². The molecule has 1 unspecified atom stereocenters. The van der Waals surface area contributed by atoms with Crippen molar-refractivity contribution in [3.05, 3.63) is 107 Å². The highest BCUT2D eigenvalue weighted by molar-refractivity contribution is 6.16. The van der Waals surface area contributed by atoms with Gasteiger partial charge in [0.1, 0.15) is 11.4 Å². The van der Waals surface area contributed by atoms with Crippen molar-refractivity contribution in [3.8, 4) is 11.8 Å². The highest BCUT2D eigenvalue weighted by atomic mass is 16.3. The van der Waals surface area contributed by atoms with Crippen molar-refractivity contribution >= 4 is 29.0 Å². The first kappa shape index (κ1) is 23.5. The molecular weight excluding hydrogens is 470 g/mol. The predicted molar refractivity (Wildman–Crippen MR) is 136 cm³/mol. The van der Waals surface area contributed by atoms with E-state index in [0.29, 0.717) is 34.6 Å². The van der Waals surface area contributed by atoms with Crippen LogP contribution < -0.4 is 10.2 Å². The lowest BCUT2D eigenvalue weighted by Crippen LogP contribution is -2.47. The second kappa shape index (κ2) is 9.43. The van der Waals surface area contributed by atoms with Gasteiger partial charge in [-0.15, -0.1) is 0 Å². The minimum atomic E-state index is -0.508. The van der Waals surface area contributed by atoms with Crippen LogP contribution in [0.1, 0.15) is 49.3 Å². The van der Waals surface area contributed by atoms with Crippen LogP contribution in [-0.2, 0) is 6.54 Å². The van der Waals surface area contributed by atoms with Crippen LogP contribution in [0.4, 0.5) is 11.4 Å². The van der Waals surface area contributed by atoms with E-state index >= 15 is 0 Å². The van der Waals surface area contributed by atoms with E-state index in [-0.39, 0.29) is 34.7 Å². The molecule has 4 aromatic rings. The highest BCUT2D eigenvalue weighted by Crippen LogP contribution is 2.28. The van der Waals surface area contributed by atoms with Crippen molar-refractivity contribution in [2.75, 3.05) is 10.2 Å². The van der Waals surface area contributed by atoms with Crippen molar-refractivity contribution in [2.24, 2.45) is 0 Å². The predicted octanol–water partition coefficient (Wildman–Crippen LogP) is 3.99. The normalized spacial score (nSPS) is 14.5. The number of anilines is 2. The van der Waals surface area contributed by atoms with Gasteiger partial charge >= 0.3 is 0 Å². The Morgan fingerprint density at radius 2 is 1.81 bits per heavy atom. The molecule has 0 spiro atoms. The van der Waals surface area contributed by atoms with Crippen LogP contribution in [0.5, 0.6) is 5.75 Å². The molecule has 9 nitrogen and oxygen atoms in total. The summed E-state index contributed by atoms with van der Waals surface area (Å²) in [5.41, 5.74) is 2.46. The molecule has 2 heterocycles. The summed E-state index contributed by atoms with van der Waals surface area (Å²) in [7, 11) is 0. The molecule has 1 aromatic heterocycles. The summed E-state index contributed by atoms with van der Waals surface area (Å²) >= 11 is 0. The molecule has 3 aromatic carbocycles. The van der Waals surface area contributed by atoms with Gasteiger partial charge in [-0.25, -0.2) is 0 Å². The lowest BCUT2D eigenvalue weighted by molar-refractivity contribution is 0.0933. The molecule has 2 amide bonds. The summed E-state index contributed by atoms with van der Waals surface area (Å²) < 4.78 is 1.52. The summed E-state index contributed by atoms with van der Waals surface area (Å²) in [6.07, 6.45) is 1.37. The van der Waals surface area contributed by atoms with Crippen LogP contribution in [0, 0.1) is 11.3 Å². The standard InChI is InChI=1S/C28H21N5O4/c1-17-16-32-25(24(15-30-32)27(36)31-21-6-2-4-18(12-21)14-29)28(37)33(17)22-10-8-19(9-11-22)26(35)20-5-3-7-23(34)13-20/h2-13,15,17,34H,16H2,1H3,(H,31,36). The topological polar surface area (TPSA) is 128 Å². The van der Waals surface area contributed by atoms with E-state index in [4.69, 9.17) is 5.26 Å². The van der Waals surface area contributed by atoms with Gasteiger partial charge in [0.25, 0.3) is 11.8 Å². The first-order valence-corrected chi connectivity index (χ1v) is 11.5. The molecule has 1 aliphatic heterocycles. The number of benzene rings is 3. The number of hydrogen-bond acceptors (Lipinski definition) is 6. The summed E-state index contributed by atoms with van der Waals surface area (Å²) in [6.45, 7) is 2.25. The van der Waals surface area contributed by atoms with E-state index in [1.54, 1.807) is 65.6 Å². The number of nitrogens with one attached hydrogen (secondary N) is 1. The molecule has 0 aliphatic carbocycles. The zero-order valence-corrected chi connectivity index (χ0v) is 19.8. The number of fused-ring (bicyclic) bond motifs is 1. The van der Waals surface area contributed by atoms with Gasteiger partial charge in [-0.05, 0) is 61.5 Å². The smallest absolute Gasteiger partial charge is 0.277 e. The number of nitriles is 1. The average Bonchev–Trinajstić information content (AvgIpc) is 3.33. The van der Waals surface area contributed by atoms with Gasteiger partial charge in [0.05, 0.1) is 36.0 Å². The van der Waals surface area contributed by atoms with Gasteiger partial charge in [-0.3, -0.25) is 19.1 Å². The fourth-order valence-electron chi connectivity index (χ4n) is 4.39. The fourth-order valence-corrected chi connectivity index (χ4v) is 4.39. The van der Waals surface area contributed by atoms with E-state index in [0.717, 1.165) is 0 Å². The first-order chi connectivity index (χ1) is 17.9. The number of amides is 2. The van der Waals surface area contributed by atoms with Gasteiger partial charge < -0.3 is 15.3 Å². The van der Waals surface area contributed by atoms with Crippen LogP contribution in [0.15, 0.2) is 79.0 Å². The highest BCUT2D eigenvalue weighted by Gasteiger charge is 2.36. The van der Waals surface area contributed by atoms with Gasteiger partial charge in [0, 0.05) is 22.5 Å². The third-order valence-corrected chi connectivity index (χ3v) is 6.15. The SMILES string of the molecule is CC1Cn2ncc(C(=O)Nc3cccc(C#N)c3)c2C(=O)N1c1ccc(C(=O)c2cccc(O)c2)cc1. The van der Waals surface area contributed by atoms with Crippen molar-refractivity contribution < 1.29 is 19.5 Å². The molecule has 0 fully saturated rings. The lowest BCUT2D eigenvalue weighted by atomic mass is 10.0. The number of phenolic OH excluding ortho intramolecular Hbond substituents is 1. The Bertz CT molecular complexity index is 1580. The molecule has 37 heavy (non-hydrogen) atoms. The molecule has 0 bridgehead atoms. The second-order valence-corrected chi connectivity index (χ2v) is 8.69.